The Hall–Kier alpha value is -2.41. The lowest BCUT2D eigenvalue weighted by atomic mass is 10.1. The second-order valence-corrected chi connectivity index (χ2v) is 7.60. The van der Waals surface area contributed by atoms with E-state index in [0.29, 0.717) is 25.3 Å². The minimum absolute atomic E-state index is 0.0595. The van der Waals surface area contributed by atoms with Gasteiger partial charge in [0.05, 0.1) is 24.9 Å². The monoisotopic (exact) mass is 386 g/mol. The van der Waals surface area contributed by atoms with Crippen molar-refractivity contribution in [2.75, 3.05) is 32.8 Å². The van der Waals surface area contributed by atoms with Gasteiger partial charge < -0.3 is 9.64 Å². The zero-order chi connectivity index (χ0) is 19.3. The van der Waals surface area contributed by atoms with Crippen LogP contribution in [0, 0.1) is 5.82 Å². The molecule has 0 radical (unpaired) electrons. The van der Waals surface area contributed by atoms with E-state index < -0.39 is 0 Å². The van der Waals surface area contributed by atoms with Gasteiger partial charge >= 0.3 is 0 Å². The van der Waals surface area contributed by atoms with Crippen molar-refractivity contribution in [3.05, 3.63) is 47.5 Å². The first kappa shape index (κ1) is 18.9. The van der Waals surface area contributed by atoms with Crippen LogP contribution in [0.25, 0.3) is 0 Å². The summed E-state index contributed by atoms with van der Waals surface area (Å²) in [5.41, 5.74) is 1.89. The molecule has 1 aromatic heterocycles. The lowest BCUT2D eigenvalue weighted by Gasteiger charge is -2.25. The largest absolute Gasteiger partial charge is 0.493 e. The summed E-state index contributed by atoms with van der Waals surface area (Å²) in [4.78, 5) is 17.0. The number of nitrogens with one attached hydrogen (secondary N) is 1. The minimum Gasteiger partial charge on any atom is -0.493 e. The van der Waals surface area contributed by atoms with Crippen LogP contribution in [-0.2, 0) is 11.2 Å². The molecule has 2 aliphatic rings. The van der Waals surface area contributed by atoms with Gasteiger partial charge in [-0.15, -0.1) is 0 Å². The van der Waals surface area contributed by atoms with E-state index in [1.807, 2.05) is 11.0 Å². The Bertz CT molecular complexity index is 803. The molecule has 0 saturated carbocycles. The smallest absolute Gasteiger partial charge is 0.237 e. The second kappa shape index (κ2) is 8.73. The number of aromatic amines is 1. The molecule has 2 aromatic rings. The van der Waals surface area contributed by atoms with E-state index in [9.17, 15) is 9.18 Å². The zero-order valence-electron chi connectivity index (χ0n) is 16.1. The first-order valence-electron chi connectivity index (χ1n) is 10.1. The van der Waals surface area contributed by atoms with Crippen LogP contribution in [0.2, 0.25) is 0 Å². The van der Waals surface area contributed by atoms with Crippen molar-refractivity contribution >= 4 is 5.91 Å². The van der Waals surface area contributed by atoms with Crippen LogP contribution >= 0.6 is 0 Å². The number of benzene rings is 1. The highest BCUT2D eigenvalue weighted by Crippen LogP contribution is 2.31. The Morgan fingerprint density at radius 2 is 2.07 bits per heavy atom. The molecule has 7 heteroatoms. The van der Waals surface area contributed by atoms with Gasteiger partial charge in [-0.1, -0.05) is 6.07 Å². The van der Waals surface area contributed by atoms with Gasteiger partial charge in [-0.3, -0.25) is 14.8 Å². The number of hydrogen-bond acceptors (Lipinski definition) is 4. The number of likely N-dealkylation sites (tertiary alicyclic amines) is 2. The van der Waals surface area contributed by atoms with Crippen LogP contribution < -0.4 is 4.74 Å². The van der Waals surface area contributed by atoms with Gasteiger partial charge in [0, 0.05) is 24.7 Å². The topological polar surface area (TPSA) is 61.5 Å². The summed E-state index contributed by atoms with van der Waals surface area (Å²) in [6.07, 6.45) is 5.00. The standard InChI is InChI=1S/C21H27FN4O2/c22-16-5-3-6-18(13-16)28-12-8-17-14-19(24-23-17)20-7-4-11-26(20)21(27)15-25-9-1-2-10-25/h3,5-6,13-14,20H,1-2,4,7-12,15H2,(H,23,24). The van der Waals surface area contributed by atoms with Crippen molar-refractivity contribution < 1.29 is 13.9 Å². The molecule has 1 unspecified atom stereocenters. The van der Waals surface area contributed by atoms with E-state index in [1.165, 1.54) is 25.0 Å². The number of aromatic nitrogens is 2. The van der Waals surface area contributed by atoms with E-state index in [0.717, 1.165) is 43.9 Å². The summed E-state index contributed by atoms with van der Waals surface area (Å²) in [5, 5.41) is 7.51. The van der Waals surface area contributed by atoms with Gasteiger partial charge in [0.15, 0.2) is 0 Å². The number of hydrogen-bond donors (Lipinski definition) is 1. The first-order valence-corrected chi connectivity index (χ1v) is 10.1. The average Bonchev–Trinajstić information content (AvgIpc) is 3.43. The molecule has 3 heterocycles. The van der Waals surface area contributed by atoms with Crippen molar-refractivity contribution in [3.63, 3.8) is 0 Å². The number of halogens is 1. The third-order valence-corrected chi connectivity index (χ3v) is 5.56. The SMILES string of the molecule is O=C(CN1CCCC1)N1CCCC1c1cc(CCOc2cccc(F)c2)[nH]n1. The van der Waals surface area contributed by atoms with Crippen molar-refractivity contribution in [3.8, 4) is 5.75 Å². The third-order valence-electron chi connectivity index (χ3n) is 5.56. The van der Waals surface area contributed by atoms with Gasteiger partial charge in [0.2, 0.25) is 5.91 Å². The molecule has 2 fully saturated rings. The lowest BCUT2D eigenvalue weighted by Crippen LogP contribution is -2.39. The molecule has 1 aromatic carbocycles. The Labute approximate surface area is 164 Å². The predicted octanol–water partition coefficient (Wildman–Crippen LogP) is 2.93. The summed E-state index contributed by atoms with van der Waals surface area (Å²) in [7, 11) is 0. The molecular weight excluding hydrogens is 359 g/mol. The highest BCUT2D eigenvalue weighted by molar-refractivity contribution is 5.79. The van der Waals surface area contributed by atoms with Crippen LogP contribution in [0.3, 0.4) is 0 Å². The Kier molecular flexibility index (Phi) is 5.90. The third kappa shape index (κ3) is 4.52. The first-order chi connectivity index (χ1) is 13.7. The maximum atomic E-state index is 13.2. The Morgan fingerprint density at radius 1 is 1.21 bits per heavy atom. The molecule has 2 aliphatic heterocycles. The number of carbonyl (C=O) groups excluding carboxylic acids is 1. The van der Waals surface area contributed by atoms with Crippen LogP contribution in [0.4, 0.5) is 4.39 Å². The van der Waals surface area contributed by atoms with Gasteiger partial charge in [-0.2, -0.15) is 5.10 Å². The highest BCUT2D eigenvalue weighted by atomic mass is 19.1. The Morgan fingerprint density at radius 3 is 2.89 bits per heavy atom. The molecule has 6 nitrogen and oxygen atoms in total. The molecule has 1 amide bonds. The molecule has 2 saturated heterocycles. The molecular formula is C21H27FN4O2. The van der Waals surface area contributed by atoms with Crippen LogP contribution in [0.5, 0.6) is 5.75 Å². The van der Waals surface area contributed by atoms with Crippen LogP contribution in [0.15, 0.2) is 30.3 Å². The van der Waals surface area contributed by atoms with Gasteiger partial charge in [-0.25, -0.2) is 4.39 Å². The molecule has 0 aliphatic carbocycles. The quantitative estimate of drug-likeness (QED) is 0.795. The fourth-order valence-electron chi connectivity index (χ4n) is 4.11. The molecule has 150 valence electrons. The maximum absolute atomic E-state index is 13.2. The van der Waals surface area contributed by atoms with Crippen molar-refractivity contribution in [1.29, 1.82) is 0 Å². The van der Waals surface area contributed by atoms with Gasteiger partial charge in [0.25, 0.3) is 0 Å². The minimum atomic E-state index is -0.304. The van der Waals surface area contributed by atoms with E-state index in [4.69, 9.17) is 4.74 Å². The molecule has 1 N–H and O–H groups in total. The fraction of sp³-hybridized carbons (Fsp3) is 0.524. The molecule has 28 heavy (non-hydrogen) atoms. The zero-order valence-corrected chi connectivity index (χ0v) is 16.1. The summed E-state index contributed by atoms with van der Waals surface area (Å²) in [6, 6.07) is 8.23. The Balaban J connectivity index is 1.31. The van der Waals surface area contributed by atoms with Crippen molar-refractivity contribution in [2.45, 2.75) is 38.1 Å². The number of amides is 1. The number of rotatable bonds is 7. The van der Waals surface area contributed by atoms with E-state index >= 15 is 0 Å². The number of ether oxygens (including phenoxy) is 1. The van der Waals surface area contributed by atoms with Crippen LogP contribution in [0.1, 0.15) is 43.1 Å². The molecule has 4 rings (SSSR count). The summed E-state index contributed by atoms with van der Waals surface area (Å²) in [6.45, 7) is 3.83. The molecule has 0 bridgehead atoms. The summed E-state index contributed by atoms with van der Waals surface area (Å²) >= 11 is 0. The van der Waals surface area contributed by atoms with Crippen molar-refractivity contribution in [1.82, 2.24) is 20.0 Å². The van der Waals surface area contributed by atoms with Crippen molar-refractivity contribution in [2.24, 2.45) is 0 Å². The molecule has 1 atom stereocenters. The summed E-state index contributed by atoms with van der Waals surface area (Å²) < 4.78 is 18.8. The second-order valence-electron chi connectivity index (χ2n) is 7.60. The number of carbonyl (C=O) groups is 1. The van der Waals surface area contributed by atoms with E-state index in [-0.39, 0.29) is 17.8 Å². The van der Waals surface area contributed by atoms with E-state index in [1.54, 1.807) is 12.1 Å². The predicted molar refractivity (Wildman–Crippen MR) is 104 cm³/mol. The normalized spacial score (nSPS) is 20.0. The van der Waals surface area contributed by atoms with E-state index in [2.05, 4.69) is 15.1 Å². The fourth-order valence-corrected chi connectivity index (χ4v) is 4.11. The van der Waals surface area contributed by atoms with Gasteiger partial charge in [0.1, 0.15) is 11.6 Å². The van der Waals surface area contributed by atoms with Gasteiger partial charge in [-0.05, 0) is 57.0 Å². The average molecular weight is 386 g/mol. The summed E-state index contributed by atoms with van der Waals surface area (Å²) in [5.74, 6) is 0.429. The lowest BCUT2D eigenvalue weighted by molar-refractivity contribution is -0.133. The van der Waals surface area contributed by atoms with Crippen LogP contribution in [-0.4, -0.2) is 58.7 Å². The number of H-pyrrole nitrogens is 1. The number of nitrogens with zero attached hydrogens (tertiary/aromatic N) is 3. The molecule has 0 spiro atoms. The highest BCUT2D eigenvalue weighted by Gasteiger charge is 2.32. The maximum Gasteiger partial charge on any atom is 0.237 e.